The van der Waals surface area contributed by atoms with Crippen LogP contribution < -0.4 is 14.8 Å². The van der Waals surface area contributed by atoms with E-state index in [0.29, 0.717) is 16.9 Å². The highest BCUT2D eigenvalue weighted by molar-refractivity contribution is 5.96. The highest BCUT2D eigenvalue weighted by Crippen LogP contribution is 2.18. The topological polar surface area (TPSA) is 94.2 Å². The average Bonchev–Trinajstić information content (AvgIpc) is 2.75. The quantitative estimate of drug-likeness (QED) is 0.624. The van der Waals surface area contributed by atoms with Gasteiger partial charge < -0.3 is 24.4 Å². The van der Waals surface area contributed by atoms with Crippen LogP contribution in [0.5, 0.6) is 11.5 Å². The van der Waals surface area contributed by atoms with Crippen molar-refractivity contribution in [2.75, 3.05) is 34.4 Å². The summed E-state index contributed by atoms with van der Waals surface area (Å²) in [5.74, 6) is -1.51. The number of carbonyl (C=O) groups is 3. The molecule has 0 aliphatic heterocycles. The highest BCUT2D eigenvalue weighted by atomic mass is 19.1. The van der Waals surface area contributed by atoms with Gasteiger partial charge in [-0.3, -0.25) is 14.4 Å². The first-order valence-corrected chi connectivity index (χ1v) is 8.98. The van der Waals surface area contributed by atoms with Gasteiger partial charge in [0.05, 0.1) is 14.2 Å². The smallest absolute Gasteiger partial charge is 0.325 e. The van der Waals surface area contributed by atoms with E-state index in [1.54, 1.807) is 30.3 Å². The lowest BCUT2D eigenvalue weighted by molar-refractivity contribution is -0.150. The molecule has 0 radical (unpaired) electrons. The molecule has 0 unspecified atom stereocenters. The van der Waals surface area contributed by atoms with Crippen LogP contribution in [0.15, 0.2) is 42.5 Å². The zero-order chi connectivity index (χ0) is 22.1. The van der Waals surface area contributed by atoms with Crippen LogP contribution in [0.25, 0.3) is 0 Å². The Hall–Kier alpha value is -3.62. The molecule has 0 fully saturated rings. The summed E-state index contributed by atoms with van der Waals surface area (Å²) in [5, 5.41) is 2.41. The first-order valence-electron chi connectivity index (χ1n) is 8.98. The molecule has 160 valence electrons. The van der Waals surface area contributed by atoms with E-state index in [0.717, 1.165) is 0 Å². The molecule has 9 heteroatoms. The van der Waals surface area contributed by atoms with Crippen LogP contribution in [0.2, 0.25) is 0 Å². The number of rotatable bonds is 9. The molecule has 1 N–H and O–H groups in total. The first kappa shape index (κ1) is 22.7. The molecule has 0 saturated heterocycles. The molecule has 2 amide bonds. The number of hydrogen-bond acceptors (Lipinski definition) is 6. The Labute approximate surface area is 173 Å². The standard InChI is InChI=1S/C21H23FN2O6/c1-24(12-14-4-9-18(29-3)17(22)10-14)19(25)13-30-20(26)11-23-21(27)15-5-7-16(28-2)8-6-15/h4-10H,11-13H2,1-3H3,(H,23,27). The summed E-state index contributed by atoms with van der Waals surface area (Å²) >= 11 is 0. The number of hydrogen-bond donors (Lipinski definition) is 1. The SMILES string of the molecule is COc1ccc(C(=O)NCC(=O)OCC(=O)N(C)Cc2ccc(OC)c(F)c2)cc1. The highest BCUT2D eigenvalue weighted by Gasteiger charge is 2.15. The van der Waals surface area contributed by atoms with Gasteiger partial charge in [0.25, 0.3) is 11.8 Å². The Balaban J connectivity index is 1.75. The van der Waals surface area contributed by atoms with Gasteiger partial charge in [0, 0.05) is 19.2 Å². The minimum atomic E-state index is -0.755. The van der Waals surface area contributed by atoms with Gasteiger partial charge in [0.2, 0.25) is 0 Å². The maximum absolute atomic E-state index is 13.7. The summed E-state index contributed by atoms with van der Waals surface area (Å²) in [6, 6.07) is 10.7. The number of amides is 2. The predicted molar refractivity (Wildman–Crippen MR) is 106 cm³/mol. The molecule has 0 aliphatic carbocycles. The number of likely N-dealkylation sites (N-methyl/N-ethyl adjacent to an activating group) is 1. The fourth-order valence-electron chi connectivity index (χ4n) is 2.47. The summed E-state index contributed by atoms with van der Waals surface area (Å²) in [6.45, 7) is -0.747. The number of nitrogens with one attached hydrogen (secondary N) is 1. The van der Waals surface area contributed by atoms with E-state index in [1.807, 2.05) is 0 Å². The number of benzene rings is 2. The van der Waals surface area contributed by atoms with Gasteiger partial charge in [-0.25, -0.2) is 4.39 Å². The van der Waals surface area contributed by atoms with Crippen molar-refractivity contribution in [1.29, 1.82) is 0 Å². The van der Waals surface area contributed by atoms with Crippen LogP contribution in [0.1, 0.15) is 15.9 Å². The summed E-state index contributed by atoms with van der Waals surface area (Å²) < 4.78 is 28.5. The summed E-state index contributed by atoms with van der Waals surface area (Å²) in [7, 11) is 4.38. The molecule has 0 atom stereocenters. The third-order valence-corrected chi connectivity index (χ3v) is 4.16. The van der Waals surface area contributed by atoms with E-state index in [-0.39, 0.29) is 18.8 Å². The van der Waals surface area contributed by atoms with Crippen molar-refractivity contribution in [2.45, 2.75) is 6.54 Å². The first-order chi connectivity index (χ1) is 14.3. The largest absolute Gasteiger partial charge is 0.497 e. The maximum Gasteiger partial charge on any atom is 0.325 e. The molecule has 2 aromatic carbocycles. The monoisotopic (exact) mass is 418 g/mol. The minimum Gasteiger partial charge on any atom is -0.497 e. The van der Waals surface area contributed by atoms with Gasteiger partial charge in [-0.15, -0.1) is 0 Å². The molecule has 0 saturated carbocycles. The van der Waals surface area contributed by atoms with Gasteiger partial charge in [0.1, 0.15) is 12.3 Å². The van der Waals surface area contributed by atoms with Crippen molar-refractivity contribution in [2.24, 2.45) is 0 Å². The number of halogens is 1. The lowest BCUT2D eigenvalue weighted by atomic mass is 10.2. The molecule has 0 spiro atoms. The zero-order valence-electron chi connectivity index (χ0n) is 16.9. The molecular formula is C21H23FN2O6. The van der Waals surface area contributed by atoms with Gasteiger partial charge in [0.15, 0.2) is 18.2 Å². The molecule has 0 bridgehead atoms. The second-order valence-electron chi connectivity index (χ2n) is 6.29. The van der Waals surface area contributed by atoms with Crippen LogP contribution in [0, 0.1) is 5.82 Å². The van der Waals surface area contributed by atoms with Crippen molar-refractivity contribution in [3.8, 4) is 11.5 Å². The molecule has 0 aromatic heterocycles. The fraction of sp³-hybridized carbons (Fsp3) is 0.286. The lowest BCUT2D eigenvalue weighted by Gasteiger charge is -2.17. The molecule has 0 heterocycles. The molecular weight excluding hydrogens is 395 g/mol. The van der Waals surface area contributed by atoms with Crippen molar-refractivity contribution < 1.29 is 33.0 Å². The Morgan fingerprint density at radius 1 is 1.03 bits per heavy atom. The third-order valence-electron chi connectivity index (χ3n) is 4.16. The summed E-state index contributed by atoms with van der Waals surface area (Å²) in [4.78, 5) is 37.2. The molecule has 0 aliphatic rings. The van der Waals surface area contributed by atoms with E-state index in [9.17, 15) is 18.8 Å². The lowest BCUT2D eigenvalue weighted by Crippen LogP contribution is -2.34. The molecule has 2 rings (SSSR count). The summed E-state index contributed by atoms with van der Waals surface area (Å²) in [6.07, 6.45) is 0. The van der Waals surface area contributed by atoms with E-state index >= 15 is 0 Å². The number of nitrogens with zero attached hydrogens (tertiary/aromatic N) is 1. The Morgan fingerprint density at radius 3 is 2.33 bits per heavy atom. The number of ether oxygens (including phenoxy) is 3. The molecule has 30 heavy (non-hydrogen) atoms. The number of carbonyl (C=O) groups excluding carboxylic acids is 3. The maximum atomic E-state index is 13.7. The van der Waals surface area contributed by atoms with Crippen LogP contribution in [0.4, 0.5) is 4.39 Å². The van der Waals surface area contributed by atoms with Gasteiger partial charge in [-0.05, 0) is 42.0 Å². The van der Waals surface area contributed by atoms with E-state index < -0.39 is 30.2 Å². The summed E-state index contributed by atoms with van der Waals surface area (Å²) in [5.41, 5.74) is 0.911. The van der Waals surface area contributed by atoms with Gasteiger partial charge in [-0.1, -0.05) is 6.07 Å². The van der Waals surface area contributed by atoms with Crippen LogP contribution in [-0.4, -0.2) is 57.1 Å². The van der Waals surface area contributed by atoms with Gasteiger partial charge >= 0.3 is 5.97 Å². The Kier molecular flexibility index (Phi) is 8.16. The number of methoxy groups -OCH3 is 2. The minimum absolute atomic E-state index is 0.110. The van der Waals surface area contributed by atoms with E-state index in [1.165, 1.54) is 38.3 Å². The molecule has 8 nitrogen and oxygen atoms in total. The van der Waals surface area contributed by atoms with Crippen LogP contribution in [-0.2, 0) is 20.9 Å². The van der Waals surface area contributed by atoms with E-state index in [2.05, 4.69) is 5.32 Å². The van der Waals surface area contributed by atoms with Crippen molar-refractivity contribution in [3.63, 3.8) is 0 Å². The van der Waals surface area contributed by atoms with Crippen molar-refractivity contribution >= 4 is 17.8 Å². The number of esters is 1. The van der Waals surface area contributed by atoms with Crippen molar-refractivity contribution in [1.82, 2.24) is 10.2 Å². The normalized spacial score (nSPS) is 10.1. The van der Waals surface area contributed by atoms with Crippen LogP contribution in [0.3, 0.4) is 0 Å². The van der Waals surface area contributed by atoms with Crippen molar-refractivity contribution in [3.05, 3.63) is 59.4 Å². The van der Waals surface area contributed by atoms with Crippen LogP contribution >= 0.6 is 0 Å². The third kappa shape index (κ3) is 6.47. The second-order valence-corrected chi connectivity index (χ2v) is 6.29. The Morgan fingerprint density at radius 2 is 1.73 bits per heavy atom. The van der Waals surface area contributed by atoms with Gasteiger partial charge in [-0.2, -0.15) is 0 Å². The average molecular weight is 418 g/mol. The Bertz CT molecular complexity index is 901. The fourth-order valence-corrected chi connectivity index (χ4v) is 2.47. The van der Waals surface area contributed by atoms with E-state index in [4.69, 9.17) is 14.2 Å². The second kappa shape index (κ2) is 10.8. The zero-order valence-corrected chi connectivity index (χ0v) is 16.9. The predicted octanol–water partition coefficient (Wildman–Crippen LogP) is 1.77. The molecule has 2 aromatic rings.